The van der Waals surface area contributed by atoms with E-state index in [1.165, 1.54) is 24.3 Å². The highest BCUT2D eigenvalue weighted by molar-refractivity contribution is 7.45. The summed E-state index contributed by atoms with van der Waals surface area (Å²) in [7, 11) is -1.37. The molecule has 1 atom stereocenters. The topological polar surface area (TPSA) is 82.9 Å². The Morgan fingerprint density at radius 2 is 1.75 bits per heavy atom. The van der Waals surface area contributed by atoms with Crippen LogP contribution in [0.4, 0.5) is 5.69 Å². The molecule has 8 heteroatoms. The molecule has 0 aliphatic heterocycles. The summed E-state index contributed by atoms with van der Waals surface area (Å²) >= 11 is 0. The molecule has 24 heavy (non-hydrogen) atoms. The van der Waals surface area contributed by atoms with Gasteiger partial charge in [-0.2, -0.15) is 0 Å². The van der Waals surface area contributed by atoms with Crippen LogP contribution in [0.15, 0.2) is 54.6 Å². The number of nitrogens with zero attached hydrogens (tertiary/aromatic N) is 1. The summed E-state index contributed by atoms with van der Waals surface area (Å²) in [5.74, 6) is 1.19. The molecule has 1 N–H and O–H groups in total. The van der Waals surface area contributed by atoms with Crippen LogP contribution in [0, 0.1) is 10.1 Å². The van der Waals surface area contributed by atoms with Crippen molar-refractivity contribution in [2.75, 3.05) is 6.79 Å². The van der Waals surface area contributed by atoms with E-state index in [-0.39, 0.29) is 18.5 Å². The minimum absolute atomic E-state index is 0.0133. The number of nitro groups is 1. The van der Waals surface area contributed by atoms with Gasteiger partial charge in [0.15, 0.2) is 6.79 Å². The lowest BCUT2D eigenvalue weighted by Gasteiger charge is -2.20. The average Bonchev–Trinajstić information content (AvgIpc) is 2.55. The van der Waals surface area contributed by atoms with E-state index in [9.17, 15) is 10.1 Å². The lowest BCUT2D eigenvalue weighted by molar-refractivity contribution is -0.384. The first kappa shape index (κ1) is 18.1. The molecule has 0 spiro atoms. The van der Waals surface area contributed by atoms with Gasteiger partial charge in [-0.05, 0) is 38.1 Å². The molecule has 128 valence electrons. The van der Waals surface area contributed by atoms with Gasteiger partial charge in [-0.15, -0.1) is 0 Å². The van der Waals surface area contributed by atoms with E-state index < -0.39 is 13.4 Å². The summed E-state index contributed by atoms with van der Waals surface area (Å²) in [5.41, 5.74) is 0.0133. The number of nitro benzene ring substituents is 1. The lowest BCUT2D eigenvalue weighted by atomic mass is 10.3. The van der Waals surface area contributed by atoms with Gasteiger partial charge in [0.2, 0.25) is 0 Å². The number of benzene rings is 2. The fourth-order valence-corrected chi connectivity index (χ4v) is 2.75. The molecule has 0 aliphatic carbocycles. The third-order valence-electron chi connectivity index (χ3n) is 2.74. The molecule has 2 aromatic carbocycles. The van der Waals surface area contributed by atoms with Gasteiger partial charge in [0.25, 0.3) is 5.69 Å². The smallest absolute Gasteiger partial charge is 0.321 e. The van der Waals surface area contributed by atoms with Crippen molar-refractivity contribution < 1.29 is 18.7 Å². The number of ether oxygens (including phenoxy) is 1. The Morgan fingerprint density at radius 1 is 1.08 bits per heavy atom. The summed E-state index contributed by atoms with van der Waals surface area (Å²) < 4.78 is 16.8. The fraction of sp³-hybridized carbons (Fsp3) is 0.250. The molecule has 0 heterocycles. The van der Waals surface area contributed by atoms with Crippen molar-refractivity contribution in [3.05, 3.63) is 64.7 Å². The Bertz CT molecular complexity index is 637. The number of hydrogen-bond donors (Lipinski definition) is 1. The predicted octanol–water partition coefficient (Wildman–Crippen LogP) is 4.25. The van der Waals surface area contributed by atoms with Gasteiger partial charge in [0, 0.05) is 18.2 Å². The van der Waals surface area contributed by atoms with E-state index in [2.05, 4.69) is 5.09 Å². The maximum Gasteiger partial charge on any atom is 0.321 e. The van der Waals surface area contributed by atoms with Gasteiger partial charge < -0.3 is 9.26 Å². The summed E-state index contributed by atoms with van der Waals surface area (Å²) in [6, 6.07) is 15.3. The summed E-state index contributed by atoms with van der Waals surface area (Å²) in [4.78, 5) is 10.2. The molecule has 2 aromatic rings. The van der Waals surface area contributed by atoms with E-state index in [1.807, 2.05) is 44.2 Å². The van der Waals surface area contributed by atoms with Crippen molar-refractivity contribution in [3.8, 4) is 11.5 Å². The number of non-ortho nitro benzene ring substituents is 1. The zero-order valence-corrected chi connectivity index (χ0v) is 14.3. The highest BCUT2D eigenvalue weighted by Crippen LogP contribution is 2.35. The first-order valence-electron chi connectivity index (χ1n) is 7.34. The Balaban J connectivity index is 1.86. The fourth-order valence-electron chi connectivity index (χ4n) is 1.68. The number of nitrogens with one attached hydrogen (secondary N) is 1. The Labute approximate surface area is 141 Å². The van der Waals surface area contributed by atoms with Crippen LogP contribution in [0.2, 0.25) is 0 Å². The molecule has 0 bridgehead atoms. The van der Waals surface area contributed by atoms with Gasteiger partial charge in [-0.1, -0.05) is 18.2 Å². The van der Waals surface area contributed by atoms with Gasteiger partial charge in [0.1, 0.15) is 11.5 Å². The molecule has 0 saturated carbocycles. The Morgan fingerprint density at radius 3 is 2.33 bits per heavy atom. The van der Waals surface area contributed by atoms with E-state index in [0.717, 1.165) is 0 Å². The molecule has 0 aromatic heterocycles. The van der Waals surface area contributed by atoms with E-state index in [0.29, 0.717) is 11.5 Å². The summed E-state index contributed by atoms with van der Waals surface area (Å²) in [6.45, 7) is 3.95. The predicted molar refractivity (Wildman–Crippen MR) is 91.9 cm³/mol. The van der Waals surface area contributed by atoms with E-state index in [4.69, 9.17) is 13.8 Å². The first-order chi connectivity index (χ1) is 11.5. The second kappa shape index (κ2) is 9.17. The van der Waals surface area contributed by atoms with Crippen LogP contribution < -0.4 is 14.3 Å². The Kier molecular flexibility index (Phi) is 6.93. The molecule has 0 fully saturated rings. The molecule has 2 rings (SSSR count). The maximum absolute atomic E-state index is 10.6. The van der Waals surface area contributed by atoms with Crippen LogP contribution in [-0.2, 0) is 4.52 Å². The normalized spacial score (nSPS) is 12.0. The van der Waals surface area contributed by atoms with Crippen molar-refractivity contribution in [1.29, 1.82) is 0 Å². The first-order valence-corrected chi connectivity index (χ1v) is 8.52. The zero-order valence-electron chi connectivity index (χ0n) is 13.4. The van der Waals surface area contributed by atoms with Crippen molar-refractivity contribution >= 4 is 14.2 Å². The molecular formula is C16H19N2O5P. The number of para-hydroxylation sites is 1. The molecule has 1 unspecified atom stereocenters. The second-order valence-corrected chi connectivity index (χ2v) is 6.30. The number of hydrogen-bond acceptors (Lipinski definition) is 6. The third-order valence-corrected chi connectivity index (χ3v) is 4.18. The average molecular weight is 350 g/mol. The largest absolute Gasteiger partial charge is 0.467 e. The van der Waals surface area contributed by atoms with Gasteiger partial charge >= 0.3 is 8.53 Å². The van der Waals surface area contributed by atoms with Crippen LogP contribution in [0.25, 0.3) is 0 Å². The Hall–Kier alpha value is -2.21. The maximum atomic E-state index is 10.6. The standard InChI is InChI=1S/C16H19N2O5P/c1-13(2)17-24(23-16-6-4-3-5-7-16)22-12-21-15-10-8-14(9-11-15)18(19)20/h3-11,13,17H,12H2,1-2H3. The highest BCUT2D eigenvalue weighted by atomic mass is 31.2. The quantitative estimate of drug-likeness (QED) is 0.315. The summed E-state index contributed by atoms with van der Waals surface area (Å²) in [6.07, 6.45) is 0. The molecule has 0 saturated heterocycles. The van der Waals surface area contributed by atoms with Crippen molar-refractivity contribution in [2.24, 2.45) is 0 Å². The van der Waals surface area contributed by atoms with Crippen LogP contribution in [0.1, 0.15) is 13.8 Å². The van der Waals surface area contributed by atoms with Gasteiger partial charge in [-0.3, -0.25) is 14.6 Å². The third kappa shape index (κ3) is 6.12. The second-order valence-electron chi connectivity index (χ2n) is 5.09. The molecular weight excluding hydrogens is 331 g/mol. The van der Waals surface area contributed by atoms with Crippen molar-refractivity contribution in [1.82, 2.24) is 5.09 Å². The molecule has 0 aliphatic rings. The summed E-state index contributed by atoms with van der Waals surface area (Å²) in [5, 5.41) is 13.8. The van der Waals surface area contributed by atoms with Crippen molar-refractivity contribution in [3.63, 3.8) is 0 Å². The van der Waals surface area contributed by atoms with Gasteiger partial charge in [-0.25, -0.2) is 5.09 Å². The van der Waals surface area contributed by atoms with Crippen LogP contribution in [-0.4, -0.2) is 17.8 Å². The van der Waals surface area contributed by atoms with E-state index >= 15 is 0 Å². The molecule has 0 radical (unpaired) electrons. The van der Waals surface area contributed by atoms with Crippen molar-refractivity contribution in [2.45, 2.75) is 19.9 Å². The number of rotatable bonds is 9. The minimum atomic E-state index is -1.37. The van der Waals surface area contributed by atoms with E-state index in [1.54, 1.807) is 0 Å². The van der Waals surface area contributed by atoms with Crippen LogP contribution >= 0.6 is 8.53 Å². The monoisotopic (exact) mass is 350 g/mol. The van der Waals surface area contributed by atoms with Crippen LogP contribution in [0.5, 0.6) is 11.5 Å². The zero-order chi connectivity index (χ0) is 17.4. The van der Waals surface area contributed by atoms with Crippen LogP contribution in [0.3, 0.4) is 0 Å². The molecule has 0 amide bonds. The van der Waals surface area contributed by atoms with Gasteiger partial charge in [0.05, 0.1) is 4.92 Å². The SMILES string of the molecule is CC(C)NP(OCOc1ccc([N+](=O)[O-])cc1)Oc1ccccc1. The molecule has 7 nitrogen and oxygen atoms in total. The highest BCUT2D eigenvalue weighted by Gasteiger charge is 2.15. The lowest BCUT2D eigenvalue weighted by Crippen LogP contribution is -2.21. The minimum Gasteiger partial charge on any atom is -0.467 e.